The maximum Gasteiger partial charge on any atom is 0.269 e. The number of carbonyl (C=O) groups excluding carboxylic acids is 1. The smallest absolute Gasteiger partial charge is 0.269 e. The molecule has 6 heteroatoms. The molecule has 0 bridgehead atoms. The maximum absolute atomic E-state index is 11.3. The molecule has 0 saturated heterocycles. The summed E-state index contributed by atoms with van der Waals surface area (Å²) in [6, 6.07) is 1.38. The molecule has 0 fully saturated rings. The molecular formula is C8H12N4O2. The highest BCUT2D eigenvalue weighted by Gasteiger charge is 2.03. The first kappa shape index (κ1) is 10.2. The normalized spacial score (nSPS) is 9.57. The lowest BCUT2D eigenvalue weighted by Crippen LogP contribution is -2.31. The van der Waals surface area contributed by atoms with Crippen molar-refractivity contribution < 1.29 is 4.79 Å². The van der Waals surface area contributed by atoms with Crippen LogP contribution in [0, 0.1) is 0 Å². The molecule has 0 aliphatic heterocycles. The molecule has 14 heavy (non-hydrogen) atoms. The molecule has 0 atom stereocenters. The first-order valence-corrected chi connectivity index (χ1v) is 4.13. The molecule has 0 spiro atoms. The summed E-state index contributed by atoms with van der Waals surface area (Å²) in [5, 5.41) is 9.02. The number of likely N-dealkylation sites (N-methyl/N-ethyl adjacent to an activating group) is 1. The zero-order valence-electron chi connectivity index (χ0n) is 8.07. The predicted octanol–water partition coefficient (Wildman–Crippen LogP) is -0.969. The standard InChI is InChI=1S/C8H12N4O2/c1-9-6-3-8(14)12(11-4-6)5-7(13)10-2/h3-4,9H,5H2,1-2H3,(H,10,13). The molecule has 76 valence electrons. The fourth-order valence-corrected chi connectivity index (χ4v) is 0.904. The van der Waals surface area contributed by atoms with Gasteiger partial charge < -0.3 is 10.6 Å². The molecule has 0 aliphatic rings. The molecule has 6 nitrogen and oxygen atoms in total. The van der Waals surface area contributed by atoms with Crippen LogP contribution < -0.4 is 16.2 Å². The second-order valence-corrected chi connectivity index (χ2v) is 2.66. The van der Waals surface area contributed by atoms with Gasteiger partial charge in [-0.15, -0.1) is 0 Å². The third-order valence-electron chi connectivity index (χ3n) is 1.73. The Morgan fingerprint density at radius 1 is 1.57 bits per heavy atom. The third kappa shape index (κ3) is 2.32. The van der Waals surface area contributed by atoms with Crippen LogP contribution in [0.3, 0.4) is 0 Å². The van der Waals surface area contributed by atoms with Gasteiger partial charge in [-0.25, -0.2) is 4.68 Å². The topological polar surface area (TPSA) is 76.0 Å². The summed E-state index contributed by atoms with van der Waals surface area (Å²) < 4.78 is 1.10. The van der Waals surface area contributed by atoms with Crippen LogP contribution in [0.5, 0.6) is 0 Å². The average Bonchev–Trinajstić information content (AvgIpc) is 2.20. The van der Waals surface area contributed by atoms with E-state index in [1.54, 1.807) is 7.05 Å². The Hall–Kier alpha value is -1.85. The van der Waals surface area contributed by atoms with Gasteiger partial charge in [0.2, 0.25) is 5.91 Å². The molecule has 1 amide bonds. The zero-order chi connectivity index (χ0) is 10.6. The SMILES string of the molecule is CNC(=O)Cn1ncc(NC)cc1=O. The second kappa shape index (κ2) is 4.40. The largest absolute Gasteiger partial charge is 0.387 e. The lowest BCUT2D eigenvalue weighted by molar-refractivity contribution is -0.121. The number of aromatic nitrogens is 2. The third-order valence-corrected chi connectivity index (χ3v) is 1.73. The van der Waals surface area contributed by atoms with Crippen molar-refractivity contribution in [2.24, 2.45) is 0 Å². The van der Waals surface area contributed by atoms with Gasteiger partial charge in [-0.3, -0.25) is 9.59 Å². The van der Waals surface area contributed by atoms with Crippen molar-refractivity contribution in [2.75, 3.05) is 19.4 Å². The number of nitrogens with zero attached hydrogens (tertiary/aromatic N) is 2. The number of rotatable bonds is 3. The summed E-state index contributed by atoms with van der Waals surface area (Å²) in [5.41, 5.74) is 0.323. The van der Waals surface area contributed by atoms with Gasteiger partial charge in [0, 0.05) is 20.2 Å². The summed E-state index contributed by atoms with van der Waals surface area (Å²) in [7, 11) is 3.20. The van der Waals surface area contributed by atoms with Crippen molar-refractivity contribution in [3.63, 3.8) is 0 Å². The van der Waals surface area contributed by atoms with E-state index >= 15 is 0 Å². The van der Waals surface area contributed by atoms with Crippen LogP contribution in [0.4, 0.5) is 5.69 Å². The van der Waals surface area contributed by atoms with E-state index in [4.69, 9.17) is 0 Å². The van der Waals surface area contributed by atoms with Crippen LogP contribution in [0.2, 0.25) is 0 Å². The van der Waals surface area contributed by atoms with Gasteiger partial charge in [0.25, 0.3) is 5.56 Å². The fraction of sp³-hybridized carbons (Fsp3) is 0.375. The lowest BCUT2D eigenvalue weighted by Gasteiger charge is -2.04. The Balaban J connectivity index is 2.89. The summed E-state index contributed by atoms with van der Waals surface area (Å²) in [6.07, 6.45) is 1.49. The van der Waals surface area contributed by atoms with E-state index in [2.05, 4.69) is 15.7 Å². The van der Waals surface area contributed by atoms with Crippen molar-refractivity contribution in [1.82, 2.24) is 15.1 Å². The highest BCUT2D eigenvalue weighted by molar-refractivity contribution is 5.75. The molecule has 2 N–H and O–H groups in total. The highest BCUT2D eigenvalue weighted by atomic mass is 16.2. The van der Waals surface area contributed by atoms with Gasteiger partial charge in [-0.1, -0.05) is 0 Å². The summed E-state index contributed by atoms with van der Waals surface area (Å²) in [4.78, 5) is 22.3. The van der Waals surface area contributed by atoms with Crippen molar-refractivity contribution in [1.29, 1.82) is 0 Å². The summed E-state index contributed by atoms with van der Waals surface area (Å²) in [6.45, 7) is -0.0562. The van der Waals surface area contributed by atoms with E-state index in [0.717, 1.165) is 4.68 Å². The van der Waals surface area contributed by atoms with E-state index in [1.165, 1.54) is 19.3 Å². The molecular weight excluding hydrogens is 184 g/mol. The molecule has 1 heterocycles. The van der Waals surface area contributed by atoms with Crippen LogP contribution in [-0.2, 0) is 11.3 Å². The van der Waals surface area contributed by atoms with Crippen LogP contribution in [0.15, 0.2) is 17.1 Å². The Morgan fingerprint density at radius 2 is 2.29 bits per heavy atom. The number of anilines is 1. The van der Waals surface area contributed by atoms with Gasteiger partial charge in [-0.2, -0.15) is 5.10 Å². The molecule has 0 aliphatic carbocycles. The minimum absolute atomic E-state index is 0.0562. The van der Waals surface area contributed by atoms with Crippen LogP contribution in [0.25, 0.3) is 0 Å². The number of carbonyl (C=O) groups is 1. The van der Waals surface area contributed by atoms with Gasteiger partial charge >= 0.3 is 0 Å². The number of nitrogens with one attached hydrogen (secondary N) is 2. The molecule has 0 radical (unpaired) electrons. The predicted molar refractivity (Wildman–Crippen MR) is 52.1 cm³/mol. The van der Waals surface area contributed by atoms with Gasteiger partial charge in [0.05, 0.1) is 11.9 Å². The second-order valence-electron chi connectivity index (χ2n) is 2.66. The van der Waals surface area contributed by atoms with Crippen molar-refractivity contribution >= 4 is 11.6 Å². The molecule has 1 rings (SSSR count). The average molecular weight is 196 g/mol. The van der Waals surface area contributed by atoms with Gasteiger partial charge in [0.15, 0.2) is 0 Å². The van der Waals surface area contributed by atoms with Crippen molar-refractivity contribution in [3.05, 3.63) is 22.6 Å². The lowest BCUT2D eigenvalue weighted by atomic mass is 10.4. The summed E-state index contributed by atoms with van der Waals surface area (Å²) in [5.74, 6) is -0.253. The van der Waals surface area contributed by atoms with Crippen LogP contribution in [0.1, 0.15) is 0 Å². The number of hydrogen-bond acceptors (Lipinski definition) is 4. The Kier molecular flexibility index (Phi) is 3.22. The van der Waals surface area contributed by atoms with E-state index in [1.807, 2.05) is 0 Å². The van der Waals surface area contributed by atoms with Gasteiger partial charge in [-0.05, 0) is 0 Å². The van der Waals surface area contributed by atoms with Crippen LogP contribution in [-0.4, -0.2) is 29.8 Å². The monoisotopic (exact) mass is 196 g/mol. The van der Waals surface area contributed by atoms with Gasteiger partial charge in [0.1, 0.15) is 6.54 Å². The van der Waals surface area contributed by atoms with E-state index < -0.39 is 0 Å². The van der Waals surface area contributed by atoms with Crippen molar-refractivity contribution in [2.45, 2.75) is 6.54 Å². The maximum atomic E-state index is 11.3. The highest BCUT2D eigenvalue weighted by Crippen LogP contribution is 1.96. The van der Waals surface area contributed by atoms with Crippen LogP contribution >= 0.6 is 0 Å². The van der Waals surface area contributed by atoms with E-state index in [0.29, 0.717) is 5.69 Å². The van der Waals surface area contributed by atoms with E-state index in [9.17, 15) is 9.59 Å². The first-order valence-electron chi connectivity index (χ1n) is 4.13. The molecule has 1 aromatic heterocycles. The minimum atomic E-state index is -0.305. The molecule has 0 saturated carbocycles. The minimum Gasteiger partial charge on any atom is -0.387 e. The fourth-order valence-electron chi connectivity index (χ4n) is 0.904. The zero-order valence-corrected chi connectivity index (χ0v) is 8.07. The Bertz CT molecular complexity index is 385. The Morgan fingerprint density at radius 3 is 2.79 bits per heavy atom. The van der Waals surface area contributed by atoms with E-state index in [-0.39, 0.29) is 18.0 Å². The molecule has 0 unspecified atom stereocenters. The first-order chi connectivity index (χ1) is 6.67. The number of amides is 1. The quantitative estimate of drug-likeness (QED) is 0.652. The Labute approximate surface area is 80.9 Å². The molecule has 1 aromatic rings. The van der Waals surface area contributed by atoms with Crippen molar-refractivity contribution in [3.8, 4) is 0 Å². The summed E-state index contributed by atoms with van der Waals surface area (Å²) >= 11 is 0. The molecule has 0 aromatic carbocycles. The number of hydrogen-bond donors (Lipinski definition) is 2.